The Morgan fingerprint density at radius 3 is 2.11 bits per heavy atom. The number of ether oxygens (including phenoxy) is 1. The molecule has 0 atom stereocenters. The second-order valence-electron chi connectivity index (χ2n) is 6.53. The summed E-state index contributed by atoms with van der Waals surface area (Å²) in [6.07, 6.45) is 1.52. The van der Waals surface area contributed by atoms with Crippen molar-refractivity contribution in [2.24, 2.45) is 0 Å². The quantitative estimate of drug-likeness (QED) is 0.816. The van der Waals surface area contributed by atoms with Crippen LogP contribution in [0.2, 0.25) is 0 Å². The molecule has 27 heavy (non-hydrogen) atoms. The first-order valence-corrected chi connectivity index (χ1v) is 9.10. The number of halogens is 1. The van der Waals surface area contributed by atoms with Crippen molar-refractivity contribution >= 4 is 17.3 Å². The minimum Gasteiger partial charge on any atom is -0.378 e. The van der Waals surface area contributed by atoms with E-state index in [9.17, 15) is 9.65 Å². The van der Waals surface area contributed by atoms with Gasteiger partial charge in [-0.05, 0) is 12.1 Å². The number of piperazine rings is 1. The highest BCUT2D eigenvalue weighted by atomic mass is 19.1. The van der Waals surface area contributed by atoms with E-state index in [2.05, 4.69) is 25.8 Å². The van der Waals surface area contributed by atoms with Crippen molar-refractivity contribution in [1.29, 1.82) is 5.26 Å². The maximum absolute atomic E-state index is 14.0. The van der Waals surface area contributed by atoms with Crippen LogP contribution in [-0.2, 0) is 4.74 Å². The number of aromatic nitrogens is 2. The van der Waals surface area contributed by atoms with Crippen LogP contribution in [0.3, 0.4) is 0 Å². The van der Waals surface area contributed by atoms with Crippen LogP contribution in [0.25, 0.3) is 0 Å². The lowest BCUT2D eigenvalue weighted by atomic mass is 10.2. The van der Waals surface area contributed by atoms with Crippen LogP contribution in [0.1, 0.15) is 5.56 Å². The van der Waals surface area contributed by atoms with E-state index in [0.29, 0.717) is 75.4 Å². The number of anilines is 3. The average Bonchev–Trinajstić information content (AvgIpc) is 2.74. The molecular weight excluding hydrogens is 347 g/mol. The predicted octanol–water partition coefficient (Wildman–Crippen LogP) is 1.65. The molecule has 0 unspecified atom stereocenters. The van der Waals surface area contributed by atoms with Crippen molar-refractivity contribution in [1.82, 2.24) is 9.97 Å². The van der Waals surface area contributed by atoms with Gasteiger partial charge < -0.3 is 19.4 Å². The van der Waals surface area contributed by atoms with Gasteiger partial charge in [-0.15, -0.1) is 0 Å². The highest BCUT2D eigenvalue weighted by Crippen LogP contribution is 2.28. The van der Waals surface area contributed by atoms with Gasteiger partial charge in [-0.1, -0.05) is 12.1 Å². The number of rotatable bonds is 3. The van der Waals surface area contributed by atoms with Crippen LogP contribution in [0, 0.1) is 17.1 Å². The molecule has 140 valence electrons. The van der Waals surface area contributed by atoms with Crippen LogP contribution in [0.15, 0.2) is 30.6 Å². The Morgan fingerprint density at radius 2 is 1.48 bits per heavy atom. The van der Waals surface area contributed by atoms with Crippen molar-refractivity contribution in [2.45, 2.75) is 0 Å². The zero-order chi connectivity index (χ0) is 18.6. The number of morpholine rings is 1. The zero-order valence-corrected chi connectivity index (χ0v) is 15.0. The average molecular weight is 368 g/mol. The molecule has 7 nitrogen and oxygen atoms in total. The first kappa shape index (κ1) is 17.5. The number of benzene rings is 1. The molecule has 0 saturated carbocycles. The molecule has 2 aliphatic heterocycles. The molecular formula is C19H21FN6O. The molecule has 0 amide bonds. The van der Waals surface area contributed by atoms with Gasteiger partial charge >= 0.3 is 0 Å². The summed E-state index contributed by atoms with van der Waals surface area (Å²) in [4.78, 5) is 14.9. The Morgan fingerprint density at radius 1 is 0.889 bits per heavy atom. The van der Waals surface area contributed by atoms with E-state index in [1.165, 1.54) is 12.4 Å². The lowest BCUT2D eigenvalue weighted by Crippen LogP contribution is -2.47. The molecule has 0 radical (unpaired) electrons. The lowest BCUT2D eigenvalue weighted by Gasteiger charge is -2.37. The Hall–Kier alpha value is -2.92. The van der Waals surface area contributed by atoms with Gasteiger partial charge in [0.15, 0.2) is 11.6 Å². The Balaban J connectivity index is 1.53. The highest BCUT2D eigenvalue weighted by Gasteiger charge is 2.25. The highest BCUT2D eigenvalue weighted by molar-refractivity contribution is 5.67. The molecule has 0 spiro atoms. The van der Waals surface area contributed by atoms with Gasteiger partial charge in [-0.3, -0.25) is 0 Å². The fourth-order valence-corrected chi connectivity index (χ4v) is 3.59. The van der Waals surface area contributed by atoms with E-state index in [1.807, 2.05) is 11.0 Å². The van der Waals surface area contributed by atoms with Gasteiger partial charge in [-0.2, -0.15) is 5.26 Å². The summed E-state index contributed by atoms with van der Waals surface area (Å²) < 4.78 is 19.4. The van der Waals surface area contributed by atoms with Crippen LogP contribution in [0.4, 0.5) is 21.7 Å². The summed E-state index contributed by atoms with van der Waals surface area (Å²) in [7, 11) is 0. The molecule has 3 heterocycles. The molecule has 2 saturated heterocycles. The number of nitrogens with zero attached hydrogens (tertiary/aromatic N) is 6. The molecule has 8 heteroatoms. The second kappa shape index (κ2) is 7.76. The van der Waals surface area contributed by atoms with Gasteiger partial charge in [0.05, 0.1) is 18.9 Å². The minimum atomic E-state index is -0.208. The molecule has 0 N–H and O–H groups in total. The van der Waals surface area contributed by atoms with Crippen molar-refractivity contribution in [3.05, 3.63) is 42.0 Å². The summed E-state index contributed by atoms with van der Waals surface area (Å²) in [5, 5.41) is 9.75. The summed E-state index contributed by atoms with van der Waals surface area (Å²) in [6, 6.07) is 9.11. The predicted molar refractivity (Wildman–Crippen MR) is 101 cm³/mol. The van der Waals surface area contributed by atoms with E-state index in [1.54, 1.807) is 12.1 Å². The summed E-state index contributed by atoms with van der Waals surface area (Å²) in [5.41, 5.74) is 1.12. The van der Waals surface area contributed by atoms with Crippen LogP contribution in [-0.4, -0.2) is 62.5 Å². The van der Waals surface area contributed by atoms with Crippen LogP contribution >= 0.6 is 0 Å². The first-order valence-electron chi connectivity index (χ1n) is 9.10. The standard InChI is InChI=1S/C19H21FN6O/c20-16-3-1-2-4-17(16)24-5-7-25(8-6-24)18-15(13-21)19(23-14-22-18)26-9-11-27-12-10-26/h1-4,14H,5-12H2. The van der Waals surface area contributed by atoms with Gasteiger partial charge in [0, 0.05) is 39.3 Å². The monoisotopic (exact) mass is 368 g/mol. The fraction of sp³-hybridized carbons (Fsp3) is 0.421. The summed E-state index contributed by atoms with van der Waals surface area (Å²) in [5.74, 6) is 1.12. The van der Waals surface area contributed by atoms with Crippen LogP contribution < -0.4 is 14.7 Å². The van der Waals surface area contributed by atoms with Crippen LogP contribution in [0.5, 0.6) is 0 Å². The smallest absolute Gasteiger partial charge is 0.152 e. The molecule has 2 aromatic rings. The van der Waals surface area contributed by atoms with Gasteiger partial charge in [0.2, 0.25) is 0 Å². The third-order valence-electron chi connectivity index (χ3n) is 5.00. The van der Waals surface area contributed by atoms with E-state index in [4.69, 9.17) is 4.74 Å². The normalized spacial score (nSPS) is 17.7. The van der Waals surface area contributed by atoms with E-state index >= 15 is 0 Å². The fourth-order valence-electron chi connectivity index (χ4n) is 3.59. The van der Waals surface area contributed by atoms with Gasteiger partial charge in [0.25, 0.3) is 0 Å². The third-order valence-corrected chi connectivity index (χ3v) is 5.00. The topological polar surface area (TPSA) is 68.5 Å². The first-order chi connectivity index (χ1) is 13.3. The molecule has 1 aromatic carbocycles. The molecule has 1 aromatic heterocycles. The Bertz CT molecular complexity index is 840. The van der Waals surface area contributed by atoms with E-state index < -0.39 is 0 Å². The summed E-state index contributed by atoms with van der Waals surface area (Å²) >= 11 is 0. The molecule has 2 fully saturated rings. The number of hydrogen-bond donors (Lipinski definition) is 0. The minimum absolute atomic E-state index is 0.208. The van der Waals surface area contributed by atoms with Crippen molar-refractivity contribution < 1.29 is 9.13 Å². The van der Waals surface area contributed by atoms with E-state index in [0.717, 1.165) is 0 Å². The molecule has 0 aliphatic carbocycles. The lowest BCUT2D eigenvalue weighted by molar-refractivity contribution is 0.122. The molecule has 4 rings (SSSR count). The Labute approximate surface area is 157 Å². The van der Waals surface area contributed by atoms with Gasteiger partial charge in [-0.25, -0.2) is 14.4 Å². The van der Waals surface area contributed by atoms with Crippen molar-refractivity contribution in [3.8, 4) is 6.07 Å². The maximum Gasteiger partial charge on any atom is 0.152 e. The largest absolute Gasteiger partial charge is 0.378 e. The zero-order valence-electron chi connectivity index (χ0n) is 15.0. The third kappa shape index (κ3) is 3.51. The number of hydrogen-bond acceptors (Lipinski definition) is 7. The van der Waals surface area contributed by atoms with Crippen molar-refractivity contribution in [3.63, 3.8) is 0 Å². The SMILES string of the molecule is N#Cc1c(N2CCOCC2)ncnc1N1CCN(c2ccccc2F)CC1. The van der Waals surface area contributed by atoms with Gasteiger partial charge in [0.1, 0.15) is 23.8 Å². The molecule has 2 aliphatic rings. The van der Waals surface area contributed by atoms with E-state index in [-0.39, 0.29) is 5.82 Å². The number of nitriles is 1. The number of para-hydroxylation sites is 1. The molecule has 0 bridgehead atoms. The second-order valence-corrected chi connectivity index (χ2v) is 6.53. The maximum atomic E-state index is 14.0. The summed E-state index contributed by atoms with van der Waals surface area (Å²) in [6.45, 7) is 5.37. The van der Waals surface area contributed by atoms with Crippen molar-refractivity contribution in [2.75, 3.05) is 67.2 Å². The Kier molecular flexibility index (Phi) is 5.03.